The average Bonchev–Trinajstić information content (AvgIpc) is 3.17. The first-order valence-corrected chi connectivity index (χ1v) is 8.26. The number of H-pyrrole nitrogens is 1. The Morgan fingerprint density at radius 2 is 1.85 bits per heavy atom. The standard InChI is InChI=1S/C19H16N6O/c26-19(14-6-7-16-17(12-14)24-25-23-16)21-11-9-18-20-10-8-15(22-18)13-4-2-1-3-5-13/h1-8,10,12H,9,11H2,(H,21,26)(H,23,24,25). The number of nitrogens with zero attached hydrogens (tertiary/aromatic N) is 4. The van der Waals surface area contributed by atoms with Crippen LogP contribution in [0.5, 0.6) is 0 Å². The van der Waals surface area contributed by atoms with Crippen molar-refractivity contribution in [1.29, 1.82) is 0 Å². The SMILES string of the molecule is O=C(NCCc1nccc(-c2ccccc2)n1)c1ccc2n[nH]nc2c1. The number of benzene rings is 2. The van der Waals surface area contributed by atoms with Gasteiger partial charge in [0.05, 0.1) is 5.69 Å². The number of rotatable bonds is 5. The lowest BCUT2D eigenvalue weighted by Crippen LogP contribution is -2.26. The number of nitrogens with one attached hydrogen (secondary N) is 2. The van der Waals surface area contributed by atoms with Crippen LogP contribution in [0.25, 0.3) is 22.3 Å². The number of aromatic nitrogens is 5. The van der Waals surface area contributed by atoms with Gasteiger partial charge in [0.25, 0.3) is 5.91 Å². The van der Waals surface area contributed by atoms with Gasteiger partial charge in [-0.2, -0.15) is 15.4 Å². The number of fused-ring (bicyclic) bond motifs is 1. The normalized spacial score (nSPS) is 10.8. The van der Waals surface area contributed by atoms with E-state index >= 15 is 0 Å². The molecular weight excluding hydrogens is 328 g/mol. The van der Waals surface area contributed by atoms with E-state index in [-0.39, 0.29) is 5.91 Å². The fraction of sp³-hybridized carbons (Fsp3) is 0.105. The Morgan fingerprint density at radius 3 is 2.73 bits per heavy atom. The van der Waals surface area contributed by atoms with Crippen LogP contribution in [0.2, 0.25) is 0 Å². The van der Waals surface area contributed by atoms with E-state index in [1.54, 1.807) is 24.4 Å². The van der Waals surface area contributed by atoms with Gasteiger partial charge in [0.1, 0.15) is 16.9 Å². The van der Waals surface area contributed by atoms with Gasteiger partial charge in [-0.3, -0.25) is 4.79 Å². The fourth-order valence-corrected chi connectivity index (χ4v) is 2.66. The number of carbonyl (C=O) groups excluding carboxylic acids is 1. The number of hydrogen-bond acceptors (Lipinski definition) is 5. The molecule has 0 saturated heterocycles. The molecule has 4 aromatic rings. The highest BCUT2D eigenvalue weighted by Crippen LogP contribution is 2.15. The molecule has 7 nitrogen and oxygen atoms in total. The molecule has 2 heterocycles. The molecule has 7 heteroatoms. The third-order valence-electron chi connectivity index (χ3n) is 3.99. The van der Waals surface area contributed by atoms with Gasteiger partial charge in [-0.05, 0) is 24.3 Å². The highest BCUT2D eigenvalue weighted by molar-refractivity contribution is 5.97. The van der Waals surface area contributed by atoms with Gasteiger partial charge in [-0.25, -0.2) is 9.97 Å². The molecule has 0 atom stereocenters. The molecular formula is C19H16N6O. The summed E-state index contributed by atoms with van der Waals surface area (Å²) in [6.07, 6.45) is 2.30. The zero-order valence-electron chi connectivity index (χ0n) is 13.9. The molecule has 2 aromatic heterocycles. The summed E-state index contributed by atoms with van der Waals surface area (Å²) in [7, 11) is 0. The molecule has 0 aliphatic carbocycles. The second kappa shape index (κ2) is 7.10. The van der Waals surface area contributed by atoms with Crippen molar-refractivity contribution in [1.82, 2.24) is 30.7 Å². The van der Waals surface area contributed by atoms with Crippen LogP contribution in [-0.4, -0.2) is 37.8 Å². The summed E-state index contributed by atoms with van der Waals surface area (Å²) in [5.41, 5.74) is 3.86. The van der Waals surface area contributed by atoms with Crippen LogP contribution < -0.4 is 5.32 Å². The molecule has 0 aliphatic heterocycles. The Labute approximate surface area is 149 Å². The van der Waals surface area contributed by atoms with E-state index in [0.717, 1.165) is 16.8 Å². The molecule has 0 aliphatic rings. The minimum atomic E-state index is -0.158. The highest BCUT2D eigenvalue weighted by Gasteiger charge is 2.08. The van der Waals surface area contributed by atoms with Gasteiger partial charge in [-0.1, -0.05) is 30.3 Å². The number of amides is 1. The first-order chi connectivity index (χ1) is 12.8. The highest BCUT2D eigenvalue weighted by atomic mass is 16.1. The lowest BCUT2D eigenvalue weighted by atomic mass is 10.1. The summed E-state index contributed by atoms with van der Waals surface area (Å²) < 4.78 is 0. The molecule has 0 saturated carbocycles. The molecule has 1 amide bonds. The monoisotopic (exact) mass is 344 g/mol. The first kappa shape index (κ1) is 15.9. The Balaban J connectivity index is 1.39. The predicted octanol–water partition coefficient (Wildman–Crippen LogP) is 2.39. The largest absolute Gasteiger partial charge is 0.352 e. The molecule has 0 unspecified atom stereocenters. The summed E-state index contributed by atoms with van der Waals surface area (Å²) in [6.45, 7) is 0.452. The third kappa shape index (κ3) is 3.41. The van der Waals surface area contributed by atoms with Crippen molar-refractivity contribution in [2.24, 2.45) is 0 Å². The minimum Gasteiger partial charge on any atom is -0.352 e. The van der Waals surface area contributed by atoms with E-state index in [0.29, 0.717) is 29.9 Å². The van der Waals surface area contributed by atoms with Gasteiger partial charge < -0.3 is 5.32 Å². The summed E-state index contributed by atoms with van der Waals surface area (Å²) in [4.78, 5) is 21.1. The van der Waals surface area contributed by atoms with E-state index < -0.39 is 0 Å². The van der Waals surface area contributed by atoms with Crippen LogP contribution in [0.3, 0.4) is 0 Å². The van der Waals surface area contributed by atoms with Crippen LogP contribution in [-0.2, 0) is 6.42 Å². The molecule has 2 N–H and O–H groups in total. The van der Waals surface area contributed by atoms with E-state index in [9.17, 15) is 4.79 Å². The maximum Gasteiger partial charge on any atom is 0.251 e. The second-order valence-corrected chi connectivity index (χ2v) is 5.76. The lowest BCUT2D eigenvalue weighted by molar-refractivity contribution is 0.0954. The van der Waals surface area contributed by atoms with E-state index in [4.69, 9.17) is 0 Å². The lowest BCUT2D eigenvalue weighted by Gasteiger charge is -2.06. The first-order valence-electron chi connectivity index (χ1n) is 8.26. The van der Waals surface area contributed by atoms with Gasteiger partial charge in [0, 0.05) is 30.3 Å². The topological polar surface area (TPSA) is 96.5 Å². The van der Waals surface area contributed by atoms with E-state index in [1.165, 1.54) is 0 Å². The Bertz CT molecular complexity index is 1040. The van der Waals surface area contributed by atoms with Gasteiger partial charge in [0.2, 0.25) is 0 Å². The van der Waals surface area contributed by atoms with Crippen molar-refractivity contribution in [3.8, 4) is 11.3 Å². The van der Waals surface area contributed by atoms with Crippen LogP contribution >= 0.6 is 0 Å². The van der Waals surface area contributed by atoms with Crippen molar-refractivity contribution in [3.05, 3.63) is 72.2 Å². The molecule has 0 spiro atoms. The van der Waals surface area contributed by atoms with E-state index in [2.05, 4.69) is 30.7 Å². The molecule has 0 radical (unpaired) electrons. The molecule has 0 bridgehead atoms. The second-order valence-electron chi connectivity index (χ2n) is 5.76. The summed E-state index contributed by atoms with van der Waals surface area (Å²) in [5.74, 6) is 0.535. The maximum atomic E-state index is 12.3. The number of carbonyl (C=O) groups is 1. The molecule has 0 fully saturated rings. The van der Waals surface area contributed by atoms with Crippen LogP contribution in [0.15, 0.2) is 60.8 Å². The van der Waals surface area contributed by atoms with Gasteiger partial charge >= 0.3 is 0 Å². The van der Waals surface area contributed by atoms with E-state index in [1.807, 2.05) is 36.4 Å². The predicted molar refractivity (Wildman–Crippen MR) is 97.4 cm³/mol. The summed E-state index contributed by atoms with van der Waals surface area (Å²) in [6, 6.07) is 17.0. The third-order valence-corrected chi connectivity index (χ3v) is 3.99. The summed E-state index contributed by atoms with van der Waals surface area (Å²) >= 11 is 0. The fourth-order valence-electron chi connectivity index (χ4n) is 2.66. The zero-order valence-corrected chi connectivity index (χ0v) is 13.9. The van der Waals surface area contributed by atoms with Gasteiger partial charge in [-0.15, -0.1) is 0 Å². The molecule has 26 heavy (non-hydrogen) atoms. The molecule has 128 valence electrons. The van der Waals surface area contributed by atoms with Crippen LogP contribution in [0.1, 0.15) is 16.2 Å². The Morgan fingerprint density at radius 1 is 1.00 bits per heavy atom. The van der Waals surface area contributed by atoms with Crippen molar-refractivity contribution >= 4 is 16.9 Å². The molecule has 2 aromatic carbocycles. The van der Waals surface area contributed by atoms with Crippen molar-refractivity contribution in [3.63, 3.8) is 0 Å². The van der Waals surface area contributed by atoms with Crippen LogP contribution in [0.4, 0.5) is 0 Å². The van der Waals surface area contributed by atoms with Crippen molar-refractivity contribution in [2.75, 3.05) is 6.54 Å². The maximum absolute atomic E-state index is 12.3. The quantitative estimate of drug-likeness (QED) is 0.579. The van der Waals surface area contributed by atoms with Crippen molar-refractivity contribution in [2.45, 2.75) is 6.42 Å². The molecule has 4 rings (SSSR count). The van der Waals surface area contributed by atoms with Crippen LogP contribution in [0, 0.1) is 0 Å². The zero-order chi connectivity index (χ0) is 17.8. The Hall–Kier alpha value is -3.61. The summed E-state index contributed by atoms with van der Waals surface area (Å²) in [5, 5.41) is 13.4. The smallest absolute Gasteiger partial charge is 0.251 e. The Kier molecular flexibility index (Phi) is 4.34. The van der Waals surface area contributed by atoms with Gasteiger partial charge in [0.15, 0.2) is 0 Å². The number of aromatic amines is 1. The van der Waals surface area contributed by atoms with Crippen molar-refractivity contribution < 1.29 is 4.79 Å². The minimum absolute atomic E-state index is 0.158. The average molecular weight is 344 g/mol. The number of hydrogen-bond donors (Lipinski definition) is 2.